The summed E-state index contributed by atoms with van der Waals surface area (Å²) in [5.74, 6) is -0.201. The molecule has 2 atom stereocenters. The predicted octanol–water partition coefficient (Wildman–Crippen LogP) is 1.39. The van der Waals surface area contributed by atoms with Crippen LogP contribution in [0.15, 0.2) is 30.3 Å². The monoisotopic (exact) mass is 334 g/mol. The van der Waals surface area contributed by atoms with Crippen molar-refractivity contribution < 1.29 is 13.2 Å². The molecule has 1 aromatic carbocycles. The summed E-state index contributed by atoms with van der Waals surface area (Å²) >= 11 is 0. The Morgan fingerprint density at radius 1 is 1.29 bits per heavy atom. The summed E-state index contributed by atoms with van der Waals surface area (Å²) < 4.78 is 22.5. The van der Waals surface area contributed by atoms with Crippen molar-refractivity contribution in [3.63, 3.8) is 0 Å². The third kappa shape index (κ3) is 6.93. The van der Waals surface area contributed by atoms with Crippen LogP contribution in [0, 0.1) is 0 Å². The Hall–Kier alpha value is -1.11. The first-order chi connectivity index (χ1) is 9.20. The SMILES string of the molecule is CC(CS(C)(=O)=O)N(C)C(=O)CC(N)c1ccccc1.Cl. The van der Waals surface area contributed by atoms with E-state index in [1.54, 1.807) is 14.0 Å². The van der Waals surface area contributed by atoms with Gasteiger partial charge in [-0.1, -0.05) is 30.3 Å². The minimum absolute atomic E-state index is 0. The number of rotatable bonds is 6. The van der Waals surface area contributed by atoms with Gasteiger partial charge >= 0.3 is 0 Å². The van der Waals surface area contributed by atoms with Crippen LogP contribution in [0.1, 0.15) is 24.9 Å². The molecule has 120 valence electrons. The average molecular weight is 335 g/mol. The molecule has 1 aromatic rings. The molecule has 0 fully saturated rings. The van der Waals surface area contributed by atoms with Gasteiger partial charge in [0, 0.05) is 31.8 Å². The van der Waals surface area contributed by atoms with Crippen LogP contribution >= 0.6 is 12.4 Å². The average Bonchev–Trinajstić information content (AvgIpc) is 2.36. The lowest BCUT2D eigenvalue weighted by molar-refractivity contribution is -0.131. The van der Waals surface area contributed by atoms with Crippen LogP contribution in [0.25, 0.3) is 0 Å². The summed E-state index contributed by atoms with van der Waals surface area (Å²) in [5, 5.41) is 0. The first-order valence-electron chi connectivity index (χ1n) is 6.44. The number of amides is 1. The molecule has 0 bridgehead atoms. The zero-order chi connectivity index (χ0) is 15.3. The second-order valence-electron chi connectivity index (χ2n) is 5.17. The van der Waals surface area contributed by atoms with Crippen LogP contribution in [-0.2, 0) is 14.6 Å². The van der Waals surface area contributed by atoms with Crippen LogP contribution in [0.4, 0.5) is 0 Å². The quantitative estimate of drug-likeness (QED) is 0.852. The molecular formula is C14H23ClN2O3S. The van der Waals surface area contributed by atoms with Gasteiger partial charge in [-0.3, -0.25) is 4.79 Å². The minimum Gasteiger partial charge on any atom is -0.342 e. The Balaban J connectivity index is 0.00000400. The molecule has 0 saturated carbocycles. The largest absolute Gasteiger partial charge is 0.342 e. The first kappa shape index (κ1) is 19.9. The van der Waals surface area contributed by atoms with E-state index >= 15 is 0 Å². The second-order valence-corrected chi connectivity index (χ2v) is 7.35. The van der Waals surface area contributed by atoms with Crippen LogP contribution in [0.3, 0.4) is 0 Å². The fourth-order valence-electron chi connectivity index (χ4n) is 1.95. The Kier molecular flexibility index (Phi) is 7.92. The Bertz CT molecular complexity index is 549. The normalized spacial score (nSPS) is 13.9. The molecule has 1 amide bonds. The van der Waals surface area contributed by atoms with Gasteiger partial charge in [-0.15, -0.1) is 12.4 Å². The summed E-state index contributed by atoms with van der Waals surface area (Å²) in [5.41, 5.74) is 6.89. The number of benzene rings is 1. The van der Waals surface area contributed by atoms with Crippen molar-refractivity contribution in [2.75, 3.05) is 19.1 Å². The van der Waals surface area contributed by atoms with Gasteiger partial charge in [-0.05, 0) is 12.5 Å². The van der Waals surface area contributed by atoms with E-state index in [4.69, 9.17) is 5.73 Å². The maximum absolute atomic E-state index is 12.1. The molecule has 0 heterocycles. The highest BCUT2D eigenvalue weighted by Gasteiger charge is 2.21. The van der Waals surface area contributed by atoms with Crippen molar-refractivity contribution in [1.82, 2.24) is 4.90 Å². The van der Waals surface area contributed by atoms with Gasteiger partial charge in [0.15, 0.2) is 0 Å². The summed E-state index contributed by atoms with van der Waals surface area (Å²) in [6.07, 6.45) is 1.33. The van der Waals surface area contributed by atoms with Gasteiger partial charge < -0.3 is 10.6 Å². The second kappa shape index (κ2) is 8.36. The maximum Gasteiger partial charge on any atom is 0.224 e. The fraction of sp³-hybridized carbons (Fsp3) is 0.500. The van der Waals surface area contributed by atoms with E-state index in [1.165, 1.54) is 4.90 Å². The summed E-state index contributed by atoms with van der Waals surface area (Å²) in [4.78, 5) is 13.6. The number of nitrogens with zero attached hydrogens (tertiary/aromatic N) is 1. The molecule has 0 aromatic heterocycles. The molecule has 0 radical (unpaired) electrons. The van der Waals surface area contributed by atoms with E-state index in [-0.39, 0.29) is 42.6 Å². The van der Waals surface area contributed by atoms with Crippen molar-refractivity contribution in [3.05, 3.63) is 35.9 Å². The van der Waals surface area contributed by atoms with E-state index in [1.807, 2.05) is 30.3 Å². The lowest BCUT2D eigenvalue weighted by Crippen LogP contribution is -2.40. The van der Waals surface area contributed by atoms with E-state index in [2.05, 4.69) is 0 Å². The van der Waals surface area contributed by atoms with Gasteiger partial charge in [0.1, 0.15) is 9.84 Å². The molecule has 0 aliphatic heterocycles. The van der Waals surface area contributed by atoms with Crippen molar-refractivity contribution in [2.24, 2.45) is 5.73 Å². The highest BCUT2D eigenvalue weighted by molar-refractivity contribution is 7.90. The molecule has 21 heavy (non-hydrogen) atoms. The minimum atomic E-state index is -3.11. The molecule has 0 aliphatic carbocycles. The highest BCUT2D eigenvalue weighted by atomic mass is 35.5. The molecule has 0 spiro atoms. The van der Waals surface area contributed by atoms with Crippen molar-refractivity contribution in [2.45, 2.75) is 25.4 Å². The standard InChI is InChI=1S/C14H22N2O3S.ClH/c1-11(10-20(3,18)19)16(2)14(17)9-13(15)12-7-5-4-6-8-12;/h4-8,11,13H,9-10,15H2,1-3H3;1H. The molecule has 2 N–H and O–H groups in total. The molecule has 2 unspecified atom stereocenters. The van der Waals surface area contributed by atoms with E-state index in [0.29, 0.717) is 0 Å². The summed E-state index contributed by atoms with van der Waals surface area (Å²) in [6.45, 7) is 1.72. The van der Waals surface area contributed by atoms with Crippen LogP contribution in [-0.4, -0.2) is 44.3 Å². The number of hydrogen-bond acceptors (Lipinski definition) is 4. The number of sulfone groups is 1. The van der Waals surface area contributed by atoms with Gasteiger partial charge in [-0.2, -0.15) is 0 Å². The van der Waals surface area contributed by atoms with E-state index in [0.717, 1.165) is 11.8 Å². The summed E-state index contributed by atoms with van der Waals surface area (Å²) in [7, 11) is -1.50. The van der Waals surface area contributed by atoms with Crippen molar-refractivity contribution in [3.8, 4) is 0 Å². The third-order valence-corrected chi connectivity index (χ3v) is 4.31. The molecule has 0 aliphatic rings. The number of halogens is 1. The molecule has 1 rings (SSSR count). The third-order valence-electron chi connectivity index (χ3n) is 3.22. The van der Waals surface area contributed by atoms with Gasteiger partial charge in [0.25, 0.3) is 0 Å². The van der Waals surface area contributed by atoms with E-state index < -0.39 is 9.84 Å². The number of nitrogens with two attached hydrogens (primary N) is 1. The molecule has 5 nitrogen and oxygen atoms in total. The van der Waals surface area contributed by atoms with Gasteiger partial charge in [0.2, 0.25) is 5.91 Å². The Morgan fingerprint density at radius 2 is 1.81 bits per heavy atom. The molecule has 7 heteroatoms. The highest BCUT2D eigenvalue weighted by Crippen LogP contribution is 2.15. The summed E-state index contributed by atoms with van der Waals surface area (Å²) in [6, 6.07) is 8.64. The van der Waals surface area contributed by atoms with Crippen molar-refractivity contribution in [1.29, 1.82) is 0 Å². The molecular weight excluding hydrogens is 312 g/mol. The Morgan fingerprint density at radius 3 is 2.29 bits per heavy atom. The number of carbonyl (C=O) groups is 1. The van der Waals surface area contributed by atoms with Crippen LogP contribution in [0.5, 0.6) is 0 Å². The van der Waals surface area contributed by atoms with Crippen molar-refractivity contribution >= 4 is 28.2 Å². The lowest BCUT2D eigenvalue weighted by Gasteiger charge is -2.25. The maximum atomic E-state index is 12.1. The molecule has 0 saturated heterocycles. The van der Waals surface area contributed by atoms with Gasteiger partial charge in [0.05, 0.1) is 5.75 Å². The van der Waals surface area contributed by atoms with Crippen LogP contribution < -0.4 is 5.73 Å². The smallest absolute Gasteiger partial charge is 0.224 e. The lowest BCUT2D eigenvalue weighted by atomic mass is 10.0. The number of hydrogen-bond donors (Lipinski definition) is 1. The fourth-order valence-corrected chi connectivity index (χ4v) is 3.05. The Labute approximate surface area is 132 Å². The van der Waals surface area contributed by atoms with Crippen LogP contribution in [0.2, 0.25) is 0 Å². The first-order valence-corrected chi connectivity index (χ1v) is 8.50. The number of carbonyl (C=O) groups excluding carboxylic acids is 1. The zero-order valence-corrected chi connectivity index (χ0v) is 14.2. The van der Waals surface area contributed by atoms with Gasteiger partial charge in [-0.25, -0.2) is 8.42 Å². The van der Waals surface area contributed by atoms with E-state index in [9.17, 15) is 13.2 Å². The predicted molar refractivity (Wildman–Crippen MR) is 87.2 cm³/mol. The topological polar surface area (TPSA) is 80.5 Å². The zero-order valence-electron chi connectivity index (χ0n) is 12.5.